The lowest BCUT2D eigenvalue weighted by molar-refractivity contribution is -0.125. The van der Waals surface area contributed by atoms with Gasteiger partial charge in [-0.3, -0.25) is 9.59 Å². The van der Waals surface area contributed by atoms with E-state index in [4.69, 9.17) is 28.4 Å². The number of amides is 2. The van der Waals surface area contributed by atoms with Crippen LogP contribution in [0.3, 0.4) is 0 Å². The van der Waals surface area contributed by atoms with Crippen LogP contribution < -0.4 is 10.2 Å². The Hall–Kier alpha value is -3.30. The fraction of sp³-hybridized carbons (Fsp3) is 0.500. The zero-order valence-corrected chi connectivity index (χ0v) is 24.4. The van der Waals surface area contributed by atoms with E-state index in [1.54, 1.807) is 12.0 Å². The van der Waals surface area contributed by atoms with Crippen LogP contribution in [0.5, 0.6) is 0 Å². The molecular formula is C32H42N2O8. The molecule has 0 aromatic heterocycles. The second-order valence-corrected chi connectivity index (χ2v) is 9.31. The fourth-order valence-corrected chi connectivity index (χ4v) is 4.04. The summed E-state index contributed by atoms with van der Waals surface area (Å²) in [5.41, 5.74) is 3.43. The monoisotopic (exact) mass is 582 g/mol. The first-order valence-corrected chi connectivity index (χ1v) is 14.3. The molecule has 2 aromatic rings. The smallest absolute Gasteiger partial charge is 0.227 e. The molecule has 1 aliphatic heterocycles. The molecule has 1 aliphatic rings. The van der Waals surface area contributed by atoms with E-state index in [1.165, 1.54) is 0 Å². The molecule has 2 aromatic carbocycles. The van der Waals surface area contributed by atoms with Crippen LogP contribution in [0.1, 0.15) is 29.5 Å². The Morgan fingerprint density at radius 2 is 1.21 bits per heavy atom. The molecule has 0 fully saturated rings. The van der Waals surface area contributed by atoms with E-state index in [0.29, 0.717) is 85.8 Å². The molecule has 0 unspecified atom stereocenters. The summed E-state index contributed by atoms with van der Waals surface area (Å²) in [6.45, 7) is 6.14. The van der Waals surface area contributed by atoms with E-state index in [0.717, 1.165) is 22.4 Å². The number of para-hydroxylation sites is 1. The van der Waals surface area contributed by atoms with Crippen molar-refractivity contribution < 1.29 is 38.0 Å². The highest BCUT2D eigenvalue weighted by Gasteiger charge is 2.21. The maximum absolute atomic E-state index is 13.2. The normalized spacial score (nSPS) is 12.0. The molecule has 10 heteroatoms. The number of methoxy groups -OCH3 is 1. The highest BCUT2D eigenvalue weighted by molar-refractivity contribution is 5.96. The van der Waals surface area contributed by atoms with Crippen LogP contribution in [0.4, 0.5) is 5.69 Å². The van der Waals surface area contributed by atoms with Crippen molar-refractivity contribution in [1.82, 2.24) is 5.32 Å². The van der Waals surface area contributed by atoms with Crippen molar-refractivity contribution in [3.05, 3.63) is 65.2 Å². The molecule has 0 aliphatic carbocycles. The molecule has 1 N–H and O–H groups in total. The van der Waals surface area contributed by atoms with Gasteiger partial charge in [0, 0.05) is 37.6 Å². The maximum Gasteiger partial charge on any atom is 0.227 e. The van der Waals surface area contributed by atoms with Gasteiger partial charge in [-0.2, -0.15) is 0 Å². The van der Waals surface area contributed by atoms with Gasteiger partial charge in [-0.15, -0.1) is 0 Å². The van der Waals surface area contributed by atoms with Crippen molar-refractivity contribution in [3.8, 4) is 11.8 Å². The number of hydrogen-bond donors (Lipinski definition) is 1. The van der Waals surface area contributed by atoms with Gasteiger partial charge in [0.15, 0.2) is 0 Å². The van der Waals surface area contributed by atoms with Crippen LogP contribution in [-0.4, -0.2) is 98.1 Å². The Morgan fingerprint density at radius 3 is 1.86 bits per heavy atom. The molecule has 3 rings (SSSR count). The van der Waals surface area contributed by atoms with Gasteiger partial charge in [-0.25, -0.2) is 0 Å². The summed E-state index contributed by atoms with van der Waals surface area (Å²) >= 11 is 0. The van der Waals surface area contributed by atoms with Crippen LogP contribution in [0.15, 0.2) is 48.5 Å². The first-order chi connectivity index (χ1) is 20.7. The van der Waals surface area contributed by atoms with Crippen molar-refractivity contribution in [3.63, 3.8) is 0 Å². The van der Waals surface area contributed by atoms with Gasteiger partial charge in [-0.1, -0.05) is 42.2 Å². The number of rotatable bonds is 21. The Balaban J connectivity index is 1.20. The topological polar surface area (TPSA) is 105 Å². The lowest BCUT2D eigenvalue weighted by Crippen LogP contribution is -2.34. The summed E-state index contributed by atoms with van der Waals surface area (Å²) in [5, 5.41) is 2.81. The van der Waals surface area contributed by atoms with E-state index in [1.807, 2.05) is 48.5 Å². The molecule has 2 amide bonds. The summed E-state index contributed by atoms with van der Waals surface area (Å²) in [6.07, 6.45) is 0.198. The third-order valence-corrected chi connectivity index (χ3v) is 6.23. The van der Waals surface area contributed by atoms with Gasteiger partial charge in [-0.05, 0) is 23.8 Å². The average molecular weight is 583 g/mol. The number of nitrogens with one attached hydrogen (secondary N) is 1. The van der Waals surface area contributed by atoms with E-state index >= 15 is 0 Å². The van der Waals surface area contributed by atoms with E-state index in [2.05, 4.69) is 17.2 Å². The first-order valence-electron chi connectivity index (χ1n) is 14.3. The predicted octanol–water partition coefficient (Wildman–Crippen LogP) is 2.56. The molecule has 0 saturated carbocycles. The summed E-state index contributed by atoms with van der Waals surface area (Å²) in [5.74, 6) is 6.08. The summed E-state index contributed by atoms with van der Waals surface area (Å²) in [4.78, 5) is 27.3. The van der Waals surface area contributed by atoms with E-state index < -0.39 is 0 Å². The number of benzene rings is 2. The standard InChI is InChI=1S/C32H42N2O8/c1-37-16-17-39-20-21-41-24-25-42-23-22-40-19-18-38-15-14-33-31(35)12-13-32(36)34-26-29-8-3-2-6-27(29)10-11-28-7-4-5-9-30(28)34/h2-9H,12-26H2,1H3,(H,33,35). The molecule has 0 radical (unpaired) electrons. The Morgan fingerprint density at radius 1 is 0.690 bits per heavy atom. The Kier molecular flexibility index (Phi) is 16.3. The van der Waals surface area contributed by atoms with Gasteiger partial charge < -0.3 is 38.6 Å². The van der Waals surface area contributed by atoms with Crippen LogP contribution in [0.2, 0.25) is 0 Å². The largest absolute Gasteiger partial charge is 0.382 e. The number of fused-ring (bicyclic) bond motifs is 2. The number of hydrogen-bond acceptors (Lipinski definition) is 8. The summed E-state index contributed by atoms with van der Waals surface area (Å²) < 4.78 is 32.0. The molecular weight excluding hydrogens is 540 g/mol. The van der Waals surface area contributed by atoms with Crippen LogP contribution in [-0.2, 0) is 44.6 Å². The quantitative estimate of drug-likeness (QED) is 0.177. The Bertz CT molecular complexity index is 1150. The maximum atomic E-state index is 13.2. The third-order valence-electron chi connectivity index (χ3n) is 6.23. The predicted molar refractivity (Wildman–Crippen MR) is 158 cm³/mol. The molecule has 0 bridgehead atoms. The summed E-state index contributed by atoms with van der Waals surface area (Å²) in [6, 6.07) is 15.4. The second kappa shape index (κ2) is 20.6. The van der Waals surface area contributed by atoms with Crippen molar-refractivity contribution >= 4 is 17.5 Å². The molecule has 42 heavy (non-hydrogen) atoms. The summed E-state index contributed by atoms with van der Waals surface area (Å²) in [7, 11) is 1.64. The van der Waals surface area contributed by atoms with Crippen molar-refractivity contribution in [2.45, 2.75) is 19.4 Å². The van der Waals surface area contributed by atoms with E-state index in [9.17, 15) is 9.59 Å². The molecule has 10 nitrogen and oxygen atoms in total. The van der Waals surface area contributed by atoms with Crippen LogP contribution >= 0.6 is 0 Å². The SMILES string of the molecule is COCCOCCOCCOCCOCCOCCNC(=O)CCC(=O)N1Cc2ccccc2C#Cc2ccccc21. The van der Waals surface area contributed by atoms with Gasteiger partial charge in [0.2, 0.25) is 11.8 Å². The van der Waals surface area contributed by atoms with Crippen molar-refractivity contribution in [2.75, 3.05) is 91.2 Å². The highest BCUT2D eigenvalue weighted by atomic mass is 16.6. The zero-order chi connectivity index (χ0) is 29.7. The molecule has 0 spiro atoms. The van der Waals surface area contributed by atoms with Gasteiger partial charge >= 0.3 is 0 Å². The second-order valence-electron chi connectivity index (χ2n) is 9.31. The zero-order valence-electron chi connectivity index (χ0n) is 24.4. The fourth-order valence-electron chi connectivity index (χ4n) is 4.04. The van der Waals surface area contributed by atoms with Crippen LogP contribution in [0, 0.1) is 11.8 Å². The lowest BCUT2D eigenvalue weighted by Gasteiger charge is -2.26. The number of carbonyl (C=O) groups is 2. The molecule has 0 saturated heterocycles. The molecule has 228 valence electrons. The number of anilines is 1. The minimum absolute atomic E-state index is 0.0984. The van der Waals surface area contributed by atoms with Gasteiger partial charge in [0.05, 0.1) is 84.9 Å². The average Bonchev–Trinajstić information content (AvgIpc) is 3.00. The highest BCUT2D eigenvalue weighted by Crippen LogP contribution is 2.26. The minimum Gasteiger partial charge on any atom is -0.382 e. The third kappa shape index (κ3) is 12.7. The minimum atomic E-state index is -0.191. The number of ether oxygens (including phenoxy) is 6. The van der Waals surface area contributed by atoms with Gasteiger partial charge in [0.1, 0.15) is 0 Å². The first kappa shape index (κ1) is 33.2. The number of nitrogens with zero attached hydrogens (tertiary/aromatic N) is 1. The molecule has 1 heterocycles. The Labute approximate surface area is 248 Å². The van der Waals surface area contributed by atoms with Gasteiger partial charge in [0.25, 0.3) is 0 Å². The lowest BCUT2D eigenvalue weighted by atomic mass is 10.0. The van der Waals surface area contributed by atoms with Crippen molar-refractivity contribution in [2.24, 2.45) is 0 Å². The number of carbonyl (C=O) groups excluding carboxylic acids is 2. The van der Waals surface area contributed by atoms with Crippen molar-refractivity contribution in [1.29, 1.82) is 0 Å². The van der Waals surface area contributed by atoms with Crippen LogP contribution in [0.25, 0.3) is 0 Å². The molecule has 0 atom stereocenters. The van der Waals surface area contributed by atoms with E-state index in [-0.39, 0.29) is 24.7 Å².